The molecule has 3 aromatic rings. The summed E-state index contributed by atoms with van der Waals surface area (Å²) in [5.41, 5.74) is -0.457. The molecule has 36 heavy (non-hydrogen) atoms. The molecule has 0 radical (unpaired) electrons. The van der Waals surface area contributed by atoms with E-state index in [1.54, 1.807) is 19.1 Å². The molecule has 1 aliphatic heterocycles. The molecule has 1 unspecified atom stereocenters. The molecular weight excluding hydrogens is 499 g/mol. The maximum absolute atomic E-state index is 13.8. The minimum absolute atomic E-state index is 0. The number of rotatable bonds is 7. The van der Waals surface area contributed by atoms with Gasteiger partial charge in [-0.2, -0.15) is 13.2 Å². The van der Waals surface area contributed by atoms with Crippen molar-refractivity contribution < 1.29 is 32.2 Å². The molecule has 0 saturated carbocycles. The fourth-order valence-electron chi connectivity index (χ4n) is 4.11. The standard InChI is InChI=1S/C26H28F3NO5.ClH/c1-16-8-10-30(11-9-16)14-18(31)15-33-19-6-7-21-22(13-19)35-25(26(27,28)29)24(23(21)32)34-20-5-3-4-17(2)12-20;/h3-7,12-13,16,18,31H,8-11,14-15H2,1-2H3;1H. The number of aliphatic hydroxyl groups is 1. The van der Waals surface area contributed by atoms with Crippen LogP contribution in [0.3, 0.4) is 0 Å². The molecule has 0 amide bonds. The van der Waals surface area contributed by atoms with E-state index in [4.69, 9.17) is 13.9 Å². The Morgan fingerprint density at radius 3 is 2.53 bits per heavy atom. The van der Waals surface area contributed by atoms with Crippen molar-refractivity contribution in [2.24, 2.45) is 5.92 Å². The van der Waals surface area contributed by atoms with Gasteiger partial charge in [0.15, 0.2) is 0 Å². The van der Waals surface area contributed by atoms with E-state index in [0.717, 1.165) is 31.5 Å². The Morgan fingerprint density at radius 1 is 1.14 bits per heavy atom. The number of hydrogen-bond acceptors (Lipinski definition) is 6. The Balaban J connectivity index is 0.00000361. The molecule has 0 bridgehead atoms. The van der Waals surface area contributed by atoms with Crippen LogP contribution in [0.2, 0.25) is 0 Å². The van der Waals surface area contributed by atoms with Gasteiger partial charge in [0.25, 0.3) is 5.76 Å². The molecule has 2 heterocycles. The van der Waals surface area contributed by atoms with E-state index >= 15 is 0 Å². The third kappa shape index (κ3) is 6.72. The van der Waals surface area contributed by atoms with Gasteiger partial charge in [0.1, 0.15) is 29.8 Å². The van der Waals surface area contributed by atoms with Gasteiger partial charge in [-0.05, 0) is 68.6 Å². The predicted molar refractivity (Wildman–Crippen MR) is 132 cm³/mol. The number of aryl methyl sites for hydroxylation is 1. The zero-order chi connectivity index (χ0) is 25.2. The number of ether oxygens (including phenoxy) is 2. The van der Waals surface area contributed by atoms with Gasteiger partial charge in [0.05, 0.1) is 5.39 Å². The average molecular weight is 528 g/mol. The number of alkyl halides is 3. The largest absolute Gasteiger partial charge is 0.491 e. The second-order valence-corrected chi connectivity index (χ2v) is 9.11. The van der Waals surface area contributed by atoms with Crippen molar-refractivity contribution in [1.29, 1.82) is 0 Å². The van der Waals surface area contributed by atoms with Crippen LogP contribution in [0.5, 0.6) is 17.2 Å². The van der Waals surface area contributed by atoms with Gasteiger partial charge in [0, 0.05) is 12.6 Å². The van der Waals surface area contributed by atoms with Gasteiger partial charge in [0.2, 0.25) is 11.2 Å². The summed E-state index contributed by atoms with van der Waals surface area (Å²) in [7, 11) is 0. The molecule has 1 aromatic heterocycles. The van der Waals surface area contributed by atoms with Crippen molar-refractivity contribution in [1.82, 2.24) is 4.90 Å². The highest BCUT2D eigenvalue weighted by Crippen LogP contribution is 2.38. The maximum atomic E-state index is 13.8. The fraction of sp³-hybridized carbons (Fsp3) is 0.423. The zero-order valence-corrected chi connectivity index (χ0v) is 20.8. The topological polar surface area (TPSA) is 72.1 Å². The molecule has 1 N–H and O–H groups in total. The first-order chi connectivity index (χ1) is 16.6. The molecule has 1 aliphatic rings. The van der Waals surface area contributed by atoms with Crippen LogP contribution in [0.25, 0.3) is 11.0 Å². The molecule has 0 aliphatic carbocycles. The third-order valence-corrected chi connectivity index (χ3v) is 6.08. The molecule has 196 valence electrons. The van der Waals surface area contributed by atoms with Gasteiger partial charge >= 0.3 is 6.18 Å². The van der Waals surface area contributed by atoms with E-state index in [-0.39, 0.29) is 41.5 Å². The summed E-state index contributed by atoms with van der Waals surface area (Å²) >= 11 is 0. The molecule has 2 aromatic carbocycles. The van der Waals surface area contributed by atoms with Gasteiger partial charge in [-0.1, -0.05) is 19.1 Å². The summed E-state index contributed by atoms with van der Waals surface area (Å²) in [6, 6.07) is 10.4. The number of halogens is 4. The lowest BCUT2D eigenvalue weighted by Gasteiger charge is -2.31. The summed E-state index contributed by atoms with van der Waals surface area (Å²) in [5, 5.41) is 10.3. The van der Waals surface area contributed by atoms with Gasteiger partial charge in [-0.3, -0.25) is 4.79 Å². The van der Waals surface area contributed by atoms with Gasteiger partial charge < -0.3 is 23.9 Å². The number of fused-ring (bicyclic) bond motifs is 1. The number of hydrogen-bond donors (Lipinski definition) is 1. The zero-order valence-electron chi connectivity index (χ0n) is 20.0. The quantitative estimate of drug-likeness (QED) is 0.418. The maximum Gasteiger partial charge on any atom is 0.453 e. The molecule has 4 rings (SSSR count). The van der Waals surface area contributed by atoms with Crippen molar-refractivity contribution >= 4 is 23.4 Å². The number of aliphatic hydroxyl groups excluding tert-OH is 1. The summed E-state index contributed by atoms with van der Waals surface area (Å²) in [6.45, 7) is 6.19. The first-order valence-electron chi connectivity index (χ1n) is 11.6. The van der Waals surface area contributed by atoms with Gasteiger partial charge in [-0.25, -0.2) is 0 Å². The van der Waals surface area contributed by atoms with Crippen molar-refractivity contribution in [3.8, 4) is 17.2 Å². The van der Waals surface area contributed by atoms with Crippen LogP contribution in [0.1, 0.15) is 31.1 Å². The summed E-state index contributed by atoms with van der Waals surface area (Å²) in [5.74, 6) is -1.48. The molecule has 0 spiro atoms. The minimum Gasteiger partial charge on any atom is -0.491 e. The summed E-state index contributed by atoms with van der Waals surface area (Å²) in [6.07, 6.45) is -3.56. The van der Waals surface area contributed by atoms with E-state index < -0.39 is 29.2 Å². The normalized spacial score (nSPS) is 15.9. The van der Waals surface area contributed by atoms with E-state index in [2.05, 4.69) is 11.8 Å². The Labute approximate surface area is 213 Å². The third-order valence-electron chi connectivity index (χ3n) is 6.08. The van der Waals surface area contributed by atoms with Crippen LogP contribution in [-0.2, 0) is 6.18 Å². The highest BCUT2D eigenvalue weighted by Gasteiger charge is 2.40. The summed E-state index contributed by atoms with van der Waals surface area (Å²) in [4.78, 5) is 15.1. The number of likely N-dealkylation sites (tertiary alicyclic amines) is 1. The first-order valence-corrected chi connectivity index (χ1v) is 11.6. The Morgan fingerprint density at radius 2 is 1.86 bits per heavy atom. The lowest BCUT2D eigenvalue weighted by molar-refractivity contribution is -0.154. The monoisotopic (exact) mass is 527 g/mol. The highest BCUT2D eigenvalue weighted by atomic mass is 35.5. The highest BCUT2D eigenvalue weighted by molar-refractivity contribution is 5.85. The SMILES string of the molecule is Cc1cccc(Oc2c(C(F)(F)F)oc3cc(OCC(O)CN4CCC(C)CC4)ccc3c2=O)c1.Cl. The lowest BCUT2D eigenvalue weighted by Crippen LogP contribution is -2.40. The molecule has 1 saturated heterocycles. The van der Waals surface area contributed by atoms with Crippen LogP contribution in [0, 0.1) is 12.8 Å². The molecule has 6 nitrogen and oxygen atoms in total. The van der Waals surface area contributed by atoms with E-state index in [9.17, 15) is 23.1 Å². The Bertz CT molecular complexity index is 1240. The van der Waals surface area contributed by atoms with E-state index in [0.29, 0.717) is 12.5 Å². The second-order valence-electron chi connectivity index (χ2n) is 9.11. The van der Waals surface area contributed by atoms with Crippen molar-refractivity contribution in [2.45, 2.75) is 39.0 Å². The van der Waals surface area contributed by atoms with Crippen LogP contribution in [0.4, 0.5) is 13.2 Å². The predicted octanol–water partition coefficient (Wildman–Crippen LogP) is 5.81. The number of β-amino-alcohol motifs (C(OH)–C–C–N with tert-alkyl or cyclic N) is 1. The smallest absolute Gasteiger partial charge is 0.453 e. The number of piperidine rings is 1. The van der Waals surface area contributed by atoms with Crippen molar-refractivity contribution in [3.63, 3.8) is 0 Å². The van der Waals surface area contributed by atoms with Crippen LogP contribution >= 0.6 is 12.4 Å². The molecule has 1 fully saturated rings. The lowest BCUT2D eigenvalue weighted by atomic mass is 9.99. The second kappa shape index (κ2) is 11.5. The minimum atomic E-state index is -4.95. The number of nitrogens with zero attached hydrogens (tertiary/aromatic N) is 1. The average Bonchev–Trinajstić information content (AvgIpc) is 2.80. The van der Waals surface area contributed by atoms with Crippen LogP contribution < -0.4 is 14.9 Å². The van der Waals surface area contributed by atoms with Crippen LogP contribution in [0.15, 0.2) is 51.7 Å². The Hall–Kier alpha value is -2.75. The van der Waals surface area contributed by atoms with E-state index in [1.807, 2.05) is 0 Å². The van der Waals surface area contributed by atoms with Gasteiger partial charge in [-0.15, -0.1) is 12.4 Å². The van der Waals surface area contributed by atoms with E-state index in [1.165, 1.54) is 30.3 Å². The first kappa shape index (κ1) is 27.8. The molecule has 10 heteroatoms. The Kier molecular flexibility index (Phi) is 8.92. The number of benzene rings is 2. The van der Waals surface area contributed by atoms with Crippen molar-refractivity contribution in [3.05, 3.63) is 64.0 Å². The molecule has 1 atom stereocenters. The van der Waals surface area contributed by atoms with Crippen LogP contribution in [-0.4, -0.2) is 42.4 Å². The molecular formula is C26H29ClF3NO5. The fourth-order valence-corrected chi connectivity index (χ4v) is 4.11. The summed E-state index contributed by atoms with van der Waals surface area (Å²) < 4.78 is 57.3. The van der Waals surface area contributed by atoms with Crippen molar-refractivity contribution in [2.75, 3.05) is 26.2 Å².